The first-order valence-electron chi connectivity index (χ1n) is 7.07. The molecule has 1 atom stereocenters. The van der Waals surface area contributed by atoms with E-state index in [0.717, 1.165) is 31.0 Å². The van der Waals surface area contributed by atoms with E-state index in [1.807, 2.05) is 32.0 Å². The molecule has 1 heterocycles. The van der Waals surface area contributed by atoms with E-state index < -0.39 is 0 Å². The highest BCUT2D eigenvalue weighted by Crippen LogP contribution is 2.26. The fraction of sp³-hybridized carbons (Fsp3) is 0.600. The number of ether oxygens (including phenoxy) is 2. The Morgan fingerprint density at radius 2 is 2.32 bits per heavy atom. The molecule has 1 saturated heterocycles. The minimum atomic E-state index is 0.129. The standard InChI is InChI=1S/C15H24N2O2/c1-11(2)19-15-10-12(5-6-14(15)16)17-8-7-13-4-3-9-18-13/h5-6,10-11,13,17H,3-4,7-9,16H2,1-2H3. The quantitative estimate of drug-likeness (QED) is 0.775. The molecule has 0 saturated carbocycles. The topological polar surface area (TPSA) is 56.5 Å². The molecular weight excluding hydrogens is 240 g/mol. The summed E-state index contributed by atoms with van der Waals surface area (Å²) in [5.41, 5.74) is 7.62. The second-order valence-corrected chi connectivity index (χ2v) is 5.27. The Balaban J connectivity index is 1.85. The lowest BCUT2D eigenvalue weighted by Gasteiger charge is -2.15. The number of hydrogen-bond acceptors (Lipinski definition) is 4. The first-order chi connectivity index (χ1) is 9.15. The van der Waals surface area contributed by atoms with Crippen molar-refractivity contribution >= 4 is 11.4 Å². The van der Waals surface area contributed by atoms with Crippen LogP contribution in [0.25, 0.3) is 0 Å². The average molecular weight is 264 g/mol. The molecule has 1 fully saturated rings. The van der Waals surface area contributed by atoms with Crippen molar-refractivity contribution in [3.63, 3.8) is 0 Å². The molecule has 19 heavy (non-hydrogen) atoms. The first-order valence-corrected chi connectivity index (χ1v) is 7.07. The van der Waals surface area contributed by atoms with Gasteiger partial charge in [-0.1, -0.05) is 0 Å². The van der Waals surface area contributed by atoms with Crippen molar-refractivity contribution in [3.05, 3.63) is 18.2 Å². The normalized spacial score (nSPS) is 18.8. The second kappa shape index (κ2) is 6.66. The van der Waals surface area contributed by atoms with Crippen molar-refractivity contribution in [1.29, 1.82) is 0 Å². The Bertz CT molecular complexity index is 401. The van der Waals surface area contributed by atoms with Crippen molar-refractivity contribution < 1.29 is 9.47 Å². The van der Waals surface area contributed by atoms with Crippen LogP contribution in [-0.2, 0) is 4.74 Å². The molecule has 2 rings (SSSR count). The third kappa shape index (κ3) is 4.31. The largest absolute Gasteiger partial charge is 0.489 e. The van der Waals surface area contributed by atoms with E-state index in [9.17, 15) is 0 Å². The number of nitrogens with one attached hydrogen (secondary N) is 1. The third-order valence-electron chi connectivity index (χ3n) is 3.20. The molecule has 4 heteroatoms. The van der Waals surface area contributed by atoms with E-state index in [4.69, 9.17) is 15.2 Å². The van der Waals surface area contributed by atoms with Crippen molar-refractivity contribution in [3.8, 4) is 5.75 Å². The van der Waals surface area contributed by atoms with Gasteiger partial charge in [0.1, 0.15) is 5.75 Å². The third-order valence-corrected chi connectivity index (χ3v) is 3.20. The fourth-order valence-corrected chi connectivity index (χ4v) is 2.25. The lowest BCUT2D eigenvalue weighted by Crippen LogP contribution is -2.13. The van der Waals surface area contributed by atoms with Crippen LogP contribution in [0.5, 0.6) is 5.75 Å². The average Bonchev–Trinajstić information content (AvgIpc) is 2.86. The van der Waals surface area contributed by atoms with E-state index in [-0.39, 0.29) is 6.10 Å². The Kier molecular flexibility index (Phi) is 4.91. The first kappa shape index (κ1) is 14.0. The van der Waals surface area contributed by atoms with Crippen LogP contribution in [0.3, 0.4) is 0 Å². The molecule has 0 amide bonds. The van der Waals surface area contributed by atoms with E-state index in [0.29, 0.717) is 11.8 Å². The zero-order valence-corrected chi connectivity index (χ0v) is 11.8. The van der Waals surface area contributed by atoms with E-state index in [1.165, 1.54) is 12.8 Å². The molecule has 0 aromatic heterocycles. The SMILES string of the molecule is CC(C)Oc1cc(NCCC2CCCO2)ccc1N. The van der Waals surface area contributed by atoms with Gasteiger partial charge in [0.25, 0.3) is 0 Å². The van der Waals surface area contributed by atoms with Crippen LogP contribution in [0.15, 0.2) is 18.2 Å². The monoisotopic (exact) mass is 264 g/mol. The Labute approximate surface area is 115 Å². The smallest absolute Gasteiger partial charge is 0.144 e. The van der Waals surface area contributed by atoms with Gasteiger partial charge in [-0.2, -0.15) is 0 Å². The summed E-state index contributed by atoms with van der Waals surface area (Å²) in [6.07, 6.45) is 3.98. The summed E-state index contributed by atoms with van der Waals surface area (Å²) in [4.78, 5) is 0. The van der Waals surface area contributed by atoms with E-state index >= 15 is 0 Å². The summed E-state index contributed by atoms with van der Waals surface area (Å²) in [6, 6.07) is 5.83. The molecule has 1 aliphatic heterocycles. The zero-order valence-electron chi connectivity index (χ0n) is 11.8. The number of rotatable bonds is 6. The van der Waals surface area contributed by atoms with Gasteiger partial charge in [-0.3, -0.25) is 0 Å². The fourth-order valence-electron chi connectivity index (χ4n) is 2.25. The van der Waals surface area contributed by atoms with Gasteiger partial charge in [-0.05, 0) is 45.2 Å². The van der Waals surface area contributed by atoms with Gasteiger partial charge in [-0.15, -0.1) is 0 Å². The molecule has 1 aromatic carbocycles. The summed E-state index contributed by atoms with van der Waals surface area (Å²) >= 11 is 0. The van der Waals surface area contributed by atoms with Gasteiger partial charge in [0.05, 0.1) is 17.9 Å². The Hall–Kier alpha value is -1.42. The summed E-state index contributed by atoms with van der Waals surface area (Å²) in [5.74, 6) is 0.747. The predicted octanol–water partition coefficient (Wildman–Crippen LogP) is 3.04. The van der Waals surface area contributed by atoms with Crippen molar-refractivity contribution in [2.24, 2.45) is 0 Å². The molecule has 1 aromatic rings. The van der Waals surface area contributed by atoms with Gasteiger partial charge in [0.2, 0.25) is 0 Å². The molecule has 4 nitrogen and oxygen atoms in total. The van der Waals surface area contributed by atoms with Crippen molar-refractivity contribution in [1.82, 2.24) is 0 Å². The zero-order chi connectivity index (χ0) is 13.7. The molecular formula is C15H24N2O2. The molecule has 106 valence electrons. The van der Waals surface area contributed by atoms with E-state index in [2.05, 4.69) is 5.32 Å². The highest BCUT2D eigenvalue weighted by atomic mass is 16.5. The number of anilines is 2. The van der Waals surface area contributed by atoms with Crippen LogP contribution in [0.4, 0.5) is 11.4 Å². The van der Waals surface area contributed by atoms with Crippen molar-refractivity contribution in [2.45, 2.75) is 45.3 Å². The molecule has 1 aliphatic rings. The second-order valence-electron chi connectivity index (χ2n) is 5.27. The van der Waals surface area contributed by atoms with E-state index in [1.54, 1.807) is 0 Å². The molecule has 1 unspecified atom stereocenters. The molecule has 0 bridgehead atoms. The van der Waals surface area contributed by atoms with Crippen LogP contribution >= 0.6 is 0 Å². The minimum Gasteiger partial charge on any atom is -0.489 e. The highest BCUT2D eigenvalue weighted by Gasteiger charge is 2.14. The van der Waals surface area contributed by atoms with Crippen LogP contribution in [0.2, 0.25) is 0 Å². The highest BCUT2D eigenvalue weighted by molar-refractivity contribution is 5.61. The lowest BCUT2D eigenvalue weighted by atomic mass is 10.2. The molecule has 0 radical (unpaired) electrons. The summed E-state index contributed by atoms with van der Waals surface area (Å²) in [7, 11) is 0. The Morgan fingerprint density at radius 1 is 1.47 bits per heavy atom. The summed E-state index contributed by atoms with van der Waals surface area (Å²) in [5, 5.41) is 3.40. The molecule has 0 spiro atoms. The lowest BCUT2D eigenvalue weighted by molar-refractivity contribution is 0.107. The summed E-state index contributed by atoms with van der Waals surface area (Å²) in [6.45, 7) is 5.82. The van der Waals surface area contributed by atoms with Gasteiger partial charge < -0.3 is 20.5 Å². The van der Waals surface area contributed by atoms with Crippen LogP contribution in [-0.4, -0.2) is 25.4 Å². The Morgan fingerprint density at radius 3 is 3.00 bits per heavy atom. The van der Waals surface area contributed by atoms with Gasteiger partial charge >= 0.3 is 0 Å². The van der Waals surface area contributed by atoms with Crippen molar-refractivity contribution in [2.75, 3.05) is 24.2 Å². The minimum absolute atomic E-state index is 0.129. The number of benzene rings is 1. The number of hydrogen-bond donors (Lipinski definition) is 2. The van der Waals surface area contributed by atoms with Gasteiger partial charge in [0.15, 0.2) is 0 Å². The van der Waals surface area contributed by atoms with Gasteiger partial charge in [0, 0.05) is 24.9 Å². The van der Waals surface area contributed by atoms with Crippen LogP contribution in [0.1, 0.15) is 33.1 Å². The van der Waals surface area contributed by atoms with Crippen LogP contribution < -0.4 is 15.8 Å². The number of nitrogens with two attached hydrogens (primary N) is 1. The predicted molar refractivity (Wildman–Crippen MR) is 78.7 cm³/mol. The maximum absolute atomic E-state index is 5.89. The maximum Gasteiger partial charge on any atom is 0.144 e. The van der Waals surface area contributed by atoms with Gasteiger partial charge in [-0.25, -0.2) is 0 Å². The molecule has 3 N–H and O–H groups in total. The van der Waals surface area contributed by atoms with Crippen LogP contribution in [0, 0.1) is 0 Å². The summed E-state index contributed by atoms with van der Waals surface area (Å²) < 4.78 is 11.3. The molecule has 0 aliphatic carbocycles. The number of nitrogen functional groups attached to an aromatic ring is 1. The maximum atomic E-state index is 5.89.